The molecule has 190 valence electrons. The Kier molecular flexibility index (Phi) is 5.24. The number of halogens is 2. The molecule has 0 aliphatic heterocycles. The summed E-state index contributed by atoms with van der Waals surface area (Å²) in [6, 6.07) is 9.75. The van der Waals surface area contributed by atoms with Crippen LogP contribution in [0.25, 0.3) is 26.0 Å². The predicted molar refractivity (Wildman–Crippen MR) is 143 cm³/mol. The van der Waals surface area contributed by atoms with E-state index < -0.39 is 11.6 Å². The van der Waals surface area contributed by atoms with Crippen LogP contribution in [0.2, 0.25) is 0 Å². The minimum atomic E-state index is -0.704. The quantitative estimate of drug-likeness (QED) is 0.256. The molecule has 0 saturated heterocycles. The largest absolute Gasteiger partial charge is 0.350 e. The lowest BCUT2D eigenvalue weighted by Crippen LogP contribution is -2.54. The molecular weight excluding hydrogens is 508 g/mol. The second-order valence-electron chi connectivity index (χ2n) is 11.2. The number of benzene rings is 1. The molecule has 3 atom stereocenters. The van der Waals surface area contributed by atoms with Gasteiger partial charge in [-0.2, -0.15) is 5.10 Å². The first-order chi connectivity index (χ1) is 17.8. The van der Waals surface area contributed by atoms with Crippen LogP contribution in [0.1, 0.15) is 54.7 Å². The molecule has 8 rings (SSSR count). The molecule has 1 N–H and O–H groups in total. The van der Waals surface area contributed by atoms with E-state index in [1.165, 1.54) is 34.5 Å². The Morgan fingerprint density at radius 3 is 2.78 bits per heavy atom. The first kappa shape index (κ1) is 23.3. The van der Waals surface area contributed by atoms with E-state index in [9.17, 15) is 13.6 Å². The number of hydrogen-bond acceptors (Lipinski definition) is 4. The van der Waals surface area contributed by atoms with E-state index in [1.807, 2.05) is 11.4 Å². The van der Waals surface area contributed by atoms with Crippen LogP contribution in [-0.4, -0.2) is 22.2 Å². The zero-order valence-electron chi connectivity index (χ0n) is 20.7. The molecule has 4 nitrogen and oxygen atoms in total. The minimum absolute atomic E-state index is 0.144. The number of rotatable bonds is 5. The third-order valence-corrected chi connectivity index (χ3v) is 11.3. The molecule has 0 radical (unpaired) electrons. The molecule has 8 heteroatoms. The summed E-state index contributed by atoms with van der Waals surface area (Å²) in [4.78, 5) is 16.8. The summed E-state index contributed by atoms with van der Waals surface area (Å²) in [7, 11) is 0. The summed E-state index contributed by atoms with van der Waals surface area (Å²) < 4.78 is 30.1. The van der Waals surface area contributed by atoms with Crippen LogP contribution in [0.4, 0.5) is 8.78 Å². The number of amides is 1. The van der Waals surface area contributed by atoms with Crippen molar-refractivity contribution in [2.24, 2.45) is 23.2 Å². The standard InChI is InChI=1S/C29H27F2N3OS2/c1-29(2)17-6-5-15(20(29)12-17)14-32-28(35)25-19-10-16-11-24(23-4-3-9-36-23)37-27(16)26(19)34(33-25)22-8-7-18(30)13-21(22)31/h3-4,7-9,11,13,15,17,20H,5-6,10,12,14H2,1-2H3,(H,32,35). The number of hydrogen-bond donors (Lipinski definition) is 1. The first-order valence-corrected chi connectivity index (χ1v) is 14.5. The van der Waals surface area contributed by atoms with Gasteiger partial charge >= 0.3 is 0 Å². The Bertz CT molecular complexity index is 1530. The fourth-order valence-corrected chi connectivity index (χ4v) is 8.93. The molecule has 3 heterocycles. The Labute approximate surface area is 222 Å². The van der Waals surface area contributed by atoms with Crippen LogP contribution in [0.5, 0.6) is 0 Å². The number of carbonyl (C=O) groups excluding carboxylic acids is 1. The van der Waals surface area contributed by atoms with E-state index in [-0.39, 0.29) is 11.6 Å². The molecule has 2 bridgehead atoms. The average molecular weight is 536 g/mol. The van der Waals surface area contributed by atoms with Gasteiger partial charge in [-0.1, -0.05) is 19.9 Å². The Morgan fingerprint density at radius 2 is 2.05 bits per heavy atom. The summed E-state index contributed by atoms with van der Waals surface area (Å²) in [6.07, 6.45) is 4.20. The highest BCUT2D eigenvalue weighted by molar-refractivity contribution is 7.23. The van der Waals surface area contributed by atoms with Crippen molar-refractivity contribution in [3.8, 4) is 26.0 Å². The number of nitrogens with zero attached hydrogens (tertiary/aromatic N) is 2. The van der Waals surface area contributed by atoms with Gasteiger partial charge in [-0.3, -0.25) is 4.79 Å². The summed E-state index contributed by atoms with van der Waals surface area (Å²) in [5, 5.41) is 9.85. The fourth-order valence-electron chi connectivity index (χ4n) is 6.87. The monoisotopic (exact) mass is 535 g/mol. The van der Waals surface area contributed by atoms with E-state index >= 15 is 0 Å². The molecule has 0 spiro atoms. The van der Waals surface area contributed by atoms with Gasteiger partial charge in [0.25, 0.3) is 5.91 Å². The lowest BCUT2D eigenvalue weighted by atomic mass is 9.45. The topological polar surface area (TPSA) is 46.9 Å². The predicted octanol–water partition coefficient (Wildman–Crippen LogP) is 7.31. The van der Waals surface area contributed by atoms with Crippen LogP contribution in [0.3, 0.4) is 0 Å². The highest BCUT2D eigenvalue weighted by Crippen LogP contribution is 2.61. The molecule has 4 aliphatic rings. The second kappa shape index (κ2) is 8.33. The van der Waals surface area contributed by atoms with Gasteiger partial charge in [0.2, 0.25) is 0 Å². The number of thiophene rings is 2. The molecule has 3 saturated carbocycles. The van der Waals surface area contributed by atoms with Crippen molar-refractivity contribution < 1.29 is 13.6 Å². The van der Waals surface area contributed by atoms with E-state index in [2.05, 4.69) is 36.4 Å². The van der Waals surface area contributed by atoms with Gasteiger partial charge in [-0.25, -0.2) is 13.5 Å². The highest BCUT2D eigenvalue weighted by atomic mass is 32.1. The molecule has 1 amide bonds. The maximum atomic E-state index is 14.9. The molecule has 1 aromatic carbocycles. The zero-order valence-corrected chi connectivity index (χ0v) is 22.3. The van der Waals surface area contributed by atoms with Crippen LogP contribution >= 0.6 is 22.7 Å². The van der Waals surface area contributed by atoms with Crippen molar-refractivity contribution in [1.29, 1.82) is 0 Å². The molecule has 4 aliphatic carbocycles. The molecular formula is C29H27F2N3OS2. The normalized spacial score (nSPS) is 22.9. The van der Waals surface area contributed by atoms with Crippen molar-refractivity contribution in [2.75, 3.05) is 6.54 Å². The Balaban J connectivity index is 1.24. The summed E-state index contributed by atoms with van der Waals surface area (Å²) in [6.45, 7) is 5.35. The van der Waals surface area contributed by atoms with E-state index in [1.54, 1.807) is 22.7 Å². The summed E-state index contributed by atoms with van der Waals surface area (Å²) in [5.74, 6) is 0.366. The van der Waals surface area contributed by atoms with Crippen molar-refractivity contribution in [3.63, 3.8) is 0 Å². The molecule has 4 aromatic rings. The van der Waals surface area contributed by atoms with Crippen molar-refractivity contribution in [2.45, 2.75) is 39.5 Å². The van der Waals surface area contributed by atoms with Gasteiger partial charge in [0.1, 0.15) is 11.5 Å². The minimum Gasteiger partial charge on any atom is -0.350 e. The summed E-state index contributed by atoms with van der Waals surface area (Å²) in [5.41, 5.74) is 3.49. The van der Waals surface area contributed by atoms with Gasteiger partial charge < -0.3 is 5.32 Å². The first-order valence-electron chi connectivity index (χ1n) is 12.8. The van der Waals surface area contributed by atoms with E-state index in [0.29, 0.717) is 35.9 Å². The number of aromatic nitrogens is 2. The smallest absolute Gasteiger partial charge is 0.272 e. The molecule has 37 heavy (non-hydrogen) atoms. The average Bonchev–Trinajstić information content (AvgIpc) is 3.64. The van der Waals surface area contributed by atoms with Crippen LogP contribution in [0, 0.1) is 34.8 Å². The third kappa shape index (κ3) is 3.56. The third-order valence-electron chi connectivity index (χ3n) is 9.02. The van der Waals surface area contributed by atoms with Crippen molar-refractivity contribution >= 4 is 28.6 Å². The van der Waals surface area contributed by atoms with Gasteiger partial charge in [-0.15, -0.1) is 22.7 Å². The van der Waals surface area contributed by atoms with Gasteiger partial charge in [-0.05, 0) is 77.6 Å². The van der Waals surface area contributed by atoms with Crippen LogP contribution in [-0.2, 0) is 6.42 Å². The lowest BCUT2D eigenvalue weighted by Gasteiger charge is -2.60. The Hall–Kier alpha value is -2.84. The maximum Gasteiger partial charge on any atom is 0.272 e. The zero-order chi connectivity index (χ0) is 25.5. The maximum absolute atomic E-state index is 14.9. The molecule has 3 unspecified atom stereocenters. The Morgan fingerprint density at radius 1 is 1.19 bits per heavy atom. The van der Waals surface area contributed by atoms with Crippen LogP contribution in [0.15, 0.2) is 41.8 Å². The molecule has 3 fully saturated rings. The van der Waals surface area contributed by atoms with E-state index in [0.717, 1.165) is 45.0 Å². The number of nitrogens with one attached hydrogen (secondary N) is 1. The van der Waals surface area contributed by atoms with Gasteiger partial charge in [0, 0.05) is 34.3 Å². The van der Waals surface area contributed by atoms with Crippen LogP contribution < -0.4 is 5.32 Å². The number of carbonyl (C=O) groups is 1. The highest BCUT2D eigenvalue weighted by Gasteiger charge is 2.54. The van der Waals surface area contributed by atoms with Gasteiger partial charge in [0.05, 0.1) is 10.6 Å². The van der Waals surface area contributed by atoms with Gasteiger partial charge in [0.15, 0.2) is 11.5 Å². The lowest BCUT2D eigenvalue weighted by molar-refractivity contribution is -0.103. The van der Waals surface area contributed by atoms with Crippen molar-refractivity contribution in [1.82, 2.24) is 15.1 Å². The second-order valence-corrected chi connectivity index (χ2v) is 13.2. The summed E-state index contributed by atoms with van der Waals surface area (Å²) >= 11 is 3.30. The SMILES string of the molecule is CC1(C)C2CCC(CNC(=O)c3nn(-c4ccc(F)cc4F)c4c3Cc3cc(-c5cccs5)sc3-4)C1C2. The van der Waals surface area contributed by atoms with Crippen molar-refractivity contribution in [3.05, 3.63) is 70.2 Å². The fraction of sp³-hybridized carbons (Fsp3) is 0.379. The van der Waals surface area contributed by atoms with E-state index in [4.69, 9.17) is 0 Å². The molecule has 3 aromatic heterocycles. The number of fused-ring (bicyclic) bond motifs is 5.